The summed E-state index contributed by atoms with van der Waals surface area (Å²) in [5, 5.41) is 0. The van der Waals surface area contributed by atoms with Gasteiger partial charge in [0.1, 0.15) is 17.3 Å². The molecule has 1 aliphatic heterocycles. The maximum Gasteiger partial charge on any atom is 0.265 e. The molecule has 0 spiro atoms. The molecule has 8 heteroatoms. The Bertz CT molecular complexity index is 972. The average Bonchev–Trinajstić information content (AvgIpc) is 3.05. The number of sulfonamides is 1. The third-order valence-electron chi connectivity index (χ3n) is 4.41. The van der Waals surface area contributed by atoms with Crippen LogP contribution in [0.4, 0.5) is 11.4 Å². The fourth-order valence-corrected chi connectivity index (χ4v) is 4.41. The molecule has 1 N–H and O–H groups in total. The largest absolute Gasteiger partial charge is 0.495 e. The summed E-state index contributed by atoms with van der Waals surface area (Å²) in [7, 11) is -0.951. The number of carbonyl (C=O) groups is 1. The molecule has 0 atom stereocenters. The van der Waals surface area contributed by atoms with Gasteiger partial charge in [0.05, 0.1) is 12.8 Å². The molecule has 0 radical (unpaired) electrons. The summed E-state index contributed by atoms with van der Waals surface area (Å²) < 4.78 is 38.4. The average molecular weight is 390 g/mol. The molecule has 0 unspecified atom stereocenters. The van der Waals surface area contributed by atoms with Crippen molar-refractivity contribution in [3.8, 4) is 5.75 Å². The number of rotatable bonds is 6. The van der Waals surface area contributed by atoms with Crippen molar-refractivity contribution in [1.29, 1.82) is 0 Å². The zero-order valence-electron chi connectivity index (χ0n) is 15.5. The van der Waals surface area contributed by atoms with Gasteiger partial charge >= 0.3 is 0 Å². The fourth-order valence-electron chi connectivity index (χ4n) is 3.11. The first-order chi connectivity index (χ1) is 12.9. The van der Waals surface area contributed by atoms with Crippen molar-refractivity contribution in [3.05, 3.63) is 47.5 Å². The van der Waals surface area contributed by atoms with Gasteiger partial charge in [0.2, 0.25) is 0 Å². The van der Waals surface area contributed by atoms with E-state index in [2.05, 4.69) is 4.72 Å². The maximum absolute atomic E-state index is 12.9. The van der Waals surface area contributed by atoms with Gasteiger partial charge in [-0.25, -0.2) is 8.42 Å². The van der Waals surface area contributed by atoms with Gasteiger partial charge in [-0.3, -0.25) is 9.52 Å². The van der Waals surface area contributed by atoms with Crippen molar-refractivity contribution >= 4 is 27.3 Å². The molecule has 3 rings (SSSR count). The number of anilines is 2. The number of ether oxygens (including phenoxy) is 2. The van der Waals surface area contributed by atoms with Crippen LogP contribution < -0.4 is 14.4 Å². The predicted molar refractivity (Wildman–Crippen MR) is 103 cm³/mol. The Kier molecular flexibility index (Phi) is 5.38. The smallest absolute Gasteiger partial charge is 0.265 e. The molecule has 1 aliphatic rings. The van der Waals surface area contributed by atoms with Crippen LogP contribution in [0.2, 0.25) is 0 Å². The Labute approximate surface area is 158 Å². The topological polar surface area (TPSA) is 84.9 Å². The van der Waals surface area contributed by atoms with Crippen LogP contribution in [0.15, 0.2) is 41.3 Å². The Hall–Kier alpha value is -2.58. The van der Waals surface area contributed by atoms with E-state index < -0.39 is 10.0 Å². The molecular formula is C19H22N2O5S. The highest BCUT2D eigenvalue weighted by molar-refractivity contribution is 7.92. The lowest BCUT2D eigenvalue weighted by Crippen LogP contribution is -2.32. The molecule has 7 nitrogen and oxygen atoms in total. The summed E-state index contributed by atoms with van der Waals surface area (Å²) in [5.74, 6) is 0.114. The van der Waals surface area contributed by atoms with E-state index in [1.165, 1.54) is 14.2 Å². The first kappa shape index (κ1) is 19.2. The van der Waals surface area contributed by atoms with Crippen LogP contribution >= 0.6 is 0 Å². The van der Waals surface area contributed by atoms with Gasteiger partial charge in [0, 0.05) is 19.3 Å². The molecule has 0 aromatic heterocycles. The number of hydrogen-bond acceptors (Lipinski definition) is 5. The summed E-state index contributed by atoms with van der Waals surface area (Å²) >= 11 is 0. The van der Waals surface area contributed by atoms with E-state index in [4.69, 9.17) is 9.47 Å². The van der Waals surface area contributed by atoms with E-state index in [0.29, 0.717) is 17.9 Å². The number of aryl methyl sites for hydroxylation is 1. The second-order valence-corrected chi connectivity index (χ2v) is 7.98. The van der Waals surface area contributed by atoms with E-state index in [1.54, 1.807) is 35.2 Å². The third-order valence-corrected chi connectivity index (χ3v) is 5.81. The normalized spacial score (nSPS) is 13.4. The van der Waals surface area contributed by atoms with Crippen LogP contribution in [0.1, 0.15) is 11.1 Å². The number of benzene rings is 2. The zero-order chi connectivity index (χ0) is 19.6. The Morgan fingerprint density at radius 1 is 1.19 bits per heavy atom. The van der Waals surface area contributed by atoms with Crippen LogP contribution in [0.3, 0.4) is 0 Å². The first-order valence-electron chi connectivity index (χ1n) is 8.45. The SMILES string of the molecule is COCC(=O)N1CCc2ccc(NS(=O)(=O)c3cc(C)ccc3OC)cc21. The molecule has 1 heterocycles. The lowest BCUT2D eigenvalue weighted by molar-refractivity contribution is -0.122. The zero-order valence-corrected chi connectivity index (χ0v) is 16.3. The van der Waals surface area contributed by atoms with Crippen molar-refractivity contribution < 1.29 is 22.7 Å². The fraction of sp³-hybridized carbons (Fsp3) is 0.316. The minimum Gasteiger partial charge on any atom is -0.495 e. The second kappa shape index (κ2) is 7.58. The van der Waals surface area contributed by atoms with Crippen molar-refractivity contribution in [2.45, 2.75) is 18.2 Å². The van der Waals surface area contributed by atoms with Crippen molar-refractivity contribution in [3.63, 3.8) is 0 Å². The highest BCUT2D eigenvalue weighted by Gasteiger charge is 2.26. The van der Waals surface area contributed by atoms with Crippen LogP contribution in [0, 0.1) is 6.92 Å². The Morgan fingerprint density at radius 3 is 2.67 bits per heavy atom. The molecular weight excluding hydrogens is 368 g/mol. The first-order valence-corrected chi connectivity index (χ1v) is 9.93. The number of fused-ring (bicyclic) bond motifs is 1. The van der Waals surface area contributed by atoms with E-state index in [1.807, 2.05) is 13.0 Å². The monoisotopic (exact) mass is 390 g/mol. The maximum atomic E-state index is 12.9. The van der Waals surface area contributed by atoms with Gasteiger partial charge in [0.25, 0.3) is 15.9 Å². The van der Waals surface area contributed by atoms with Crippen molar-refractivity contribution in [1.82, 2.24) is 0 Å². The minimum atomic E-state index is -3.85. The standard InChI is InChI=1S/C19H22N2O5S/c1-13-4-7-17(26-3)18(10-13)27(23,24)20-15-6-5-14-8-9-21(16(14)11-15)19(22)12-25-2/h4-7,10-11,20H,8-9,12H2,1-3H3. The molecule has 2 aromatic rings. The Balaban J connectivity index is 1.92. The summed E-state index contributed by atoms with van der Waals surface area (Å²) in [6.45, 7) is 2.35. The lowest BCUT2D eigenvalue weighted by Gasteiger charge is -2.18. The van der Waals surface area contributed by atoms with Gasteiger partial charge in [-0.15, -0.1) is 0 Å². The number of amides is 1. The predicted octanol–water partition coefficient (Wildman–Crippen LogP) is 2.34. The van der Waals surface area contributed by atoms with Crippen molar-refractivity contribution in [2.75, 3.05) is 37.0 Å². The Morgan fingerprint density at radius 2 is 1.96 bits per heavy atom. The van der Waals surface area contributed by atoms with E-state index in [9.17, 15) is 13.2 Å². The van der Waals surface area contributed by atoms with Crippen molar-refractivity contribution in [2.24, 2.45) is 0 Å². The van der Waals surface area contributed by atoms with E-state index >= 15 is 0 Å². The molecule has 0 saturated heterocycles. The highest BCUT2D eigenvalue weighted by atomic mass is 32.2. The number of carbonyl (C=O) groups excluding carboxylic acids is 1. The van der Waals surface area contributed by atoms with Crippen LogP contribution in [-0.2, 0) is 26.0 Å². The molecule has 27 heavy (non-hydrogen) atoms. The summed E-state index contributed by atoms with van der Waals surface area (Å²) in [5.41, 5.74) is 2.89. The summed E-state index contributed by atoms with van der Waals surface area (Å²) in [6, 6.07) is 10.2. The number of nitrogens with one attached hydrogen (secondary N) is 1. The summed E-state index contributed by atoms with van der Waals surface area (Å²) in [6.07, 6.45) is 0.726. The molecule has 1 amide bonds. The van der Waals surface area contributed by atoms with Gasteiger partial charge in [-0.1, -0.05) is 12.1 Å². The van der Waals surface area contributed by atoms with Crippen LogP contribution in [0.5, 0.6) is 5.75 Å². The molecule has 0 fully saturated rings. The summed E-state index contributed by atoms with van der Waals surface area (Å²) in [4.78, 5) is 13.9. The van der Waals surface area contributed by atoms with Gasteiger partial charge < -0.3 is 14.4 Å². The van der Waals surface area contributed by atoms with Crippen LogP contribution in [0.25, 0.3) is 0 Å². The molecule has 0 aliphatic carbocycles. The molecule has 2 aromatic carbocycles. The van der Waals surface area contributed by atoms with E-state index in [-0.39, 0.29) is 23.2 Å². The quantitative estimate of drug-likeness (QED) is 0.818. The van der Waals surface area contributed by atoms with E-state index in [0.717, 1.165) is 17.5 Å². The van der Waals surface area contributed by atoms with Crippen LogP contribution in [-0.4, -0.2) is 41.7 Å². The number of nitrogens with zero attached hydrogens (tertiary/aromatic N) is 1. The lowest BCUT2D eigenvalue weighted by atomic mass is 10.1. The van der Waals surface area contributed by atoms with Gasteiger partial charge in [-0.2, -0.15) is 0 Å². The second-order valence-electron chi connectivity index (χ2n) is 6.33. The molecule has 144 valence electrons. The number of hydrogen-bond donors (Lipinski definition) is 1. The van der Waals surface area contributed by atoms with Gasteiger partial charge in [-0.05, 0) is 48.7 Å². The minimum absolute atomic E-state index is 0.0180. The van der Waals surface area contributed by atoms with Gasteiger partial charge in [0.15, 0.2) is 0 Å². The number of methoxy groups -OCH3 is 2. The molecule has 0 bridgehead atoms. The third kappa shape index (κ3) is 3.91. The molecule has 0 saturated carbocycles. The highest BCUT2D eigenvalue weighted by Crippen LogP contribution is 2.33.